The number of nitrogens with zero attached hydrogens (tertiary/aromatic N) is 2. The van der Waals surface area contributed by atoms with Crippen LogP contribution in [0.25, 0.3) is 0 Å². The van der Waals surface area contributed by atoms with Crippen LogP contribution in [0.15, 0.2) is 0 Å². The Labute approximate surface area is 92.7 Å². The summed E-state index contributed by atoms with van der Waals surface area (Å²) in [6, 6.07) is 0.504. The van der Waals surface area contributed by atoms with Crippen molar-refractivity contribution in [2.45, 2.75) is 65.3 Å². The maximum atomic E-state index is 4.81. The number of aromatic nitrogens is 2. The molecule has 0 saturated heterocycles. The molecule has 0 atom stereocenters. The van der Waals surface area contributed by atoms with Gasteiger partial charge in [-0.3, -0.25) is 4.68 Å². The van der Waals surface area contributed by atoms with Crippen molar-refractivity contribution < 1.29 is 0 Å². The van der Waals surface area contributed by atoms with Crippen LogP contribution in [-0.4, -0.2) is 9.78 Å². The normalized spacial score (nSPS) is 16.1. The van der Waals surface area contributed by atoms with Crippen LogP contribution in [0, 0.1) is 0 Å². The second kappa shape index (κ2) is 3.99. The summed E-state index contributed by atoms with van der Waals surface area (Å²) in [6.45, 7) is 8.96. The molecule has 1 aliphatic carbocycles. The lowest BCUT2D eigenvalue weighted by atomic mass is 9.92. The van der Waals surface area contributed by atoms with Crippen LogP contribution in [0.1, 0.15) is 69.4 Å². The first-order valence-corrected chi connectivity index (χ1v) is 6.21. The van der Waals surface area contributed by atoms with E-state index in [4.69, 9.17) is 5.10 Å². The Hall–Kier alpha value is -0.790. The van der Waals surface area contributed by atoms with Gasteiger partial charge in [-0.15, -0.1) is 0 Å². The smallest absolute Gasteiger partial charge is 0.0684 e. The van der Waals surface area contributed by atoms with Crippen LogP contribution >= 0.6 is 0 Å². The van der Waals surface area contributed by atoms with Gasteiger partial charge in [0.05, 0.1) is 5.69 Å². The minimum atomic E-state index is 0.504. The molecule has 0 unspecified atom stereocenters. The molecule has 0 spiro atoms. The highest BCUT2D eigenvalue weighted by Crippen LogP contribution is 2.30. The Morgan fingerprint density at radius 3 is 2.33 bits per heavy atom. The van der Waals surface area contributed by atoms with Crippen molar-refractivity contribution in [3.05, 3.63) is 17.0 Å². The summed E-state index contributed by atoms with van der Waals surface area (Å²) in [5.41, 5.74) is 4.42. The molecule has 0 radical (unpaired) electrons. The van der Waals surface area contributed by atoms with Gasteiger partial charge in [-0.05, 0) is 51.0 Å². The molecule has 2 heteroatoms. The third-order valence-electron chi connectivity index (χ3n) is 3.28. The van der Waals surface area contributed by atoms with Crippen molar-refractivity contribution in [1.82, 2.24) is 9.78 Å². The fourth-order valence-electron chi connectivity index (χ4n) is 2.55. The van der Waals surface area contributed by atoms with Crippen LogP contribution in [0.5, 0.6) is 0 Å². The van der Waals surface area contributed by atoms with E-state index >= 15 is 0 Å². The van der Waals surface area contributed by atoms with E-state index in [9.17, 15) is 0 Å². The summed E-state index contributed by atoms with van der Waals surface area (Å²) < 4.78 is 2.25. The van der Waals surface area contributed by atoms with Gasteiger partial charge in [0.25, 0.3) is 0 Å². The second-order valence-corrected chi connectivity index (χ2v) is 5.21. The monoisotopic (exact) mass is 206 g/mol. The molecule has 0 aliphatic heterocycles. The highest BCUT2D eigenvalue weighted by Gasteiger charge is 2.22. The zero-order valence-corrected chi connectivity index (χ0v) is 10.4. The molecule has 0 saturated carbocycles. The van der Waals surface area contributed by atoms with Gasteiger partial charge in [0.15, 0.2) is 0 Å². The van der Waals surface area contributed by atoms with Crippen molar-refractivity contribution in [3.8, 4) is 0 Å². The molecule has 2 rings (SSSR count). The van der Waals surface area contributed by atoms with Gasteiger partial charge >= 0.3 is 0 Å². The summed E-state index contributed by atoms with van der Waals surface area (Å²) >= 11 is 0. The molecule has 84 valence electrons. The average molecular weight is 206 g/mol. The lowest BCUT2D eigenvalue weighted by Crippen LogP contribution is -2.11. The zero-order chi connectivity index (χ0) is 11.0. The maximum Gasteiger partial charge on any atom is 0.0684 e. The summed E-state index contributed by atoms with van der Waals surface area (Å²) in [5.74, 6) is 0.567. The number of hydrogen-bond donors (Lipinski definition) is 0. The van der Waals surface area contributed by atoms with E-state index in [1.165, 1.54) is 37.1 Å². The SMILES string of the molecule is CC(C)c1nn(C(C)C)c2c1CCCC2. The number of rotatable bonds is 2. The van der Waals surface area contributed by atoms with Crippen molar-refractivity contribution in [2.75, 3.05) is 0 Å². The van der Waals surface area contributed by atoms with Gasteiger partial charge in [-0.2, -0.15) is 5.10 Å². The standard InChI is InChI=1S/C13H22N2/c1-9(2)13-11-7-5-6-8-12(11)15(14-13)10(3)4/h9-10H,5-8H2,1-4H3. The van der Waals surface area contributed by atoms with Crippen LogP contribution < -0.4 is 0 Å². The summed E-state index contributed by atoms with van der Waals surface area (Å²) in [5, 5.41) is 4.81. The summed E-state index contributed by atoms with van der Waals surface area (Å²) in [6.07, 6.45) is 5.16. The molecule has 15 heavy (non-hydrogen) atoms. The largest absolute Gasteiger partial charge is 0.267 e. The zero-order valence-electron chi connectivity index (χ0n) is 10.4. The molecular weight excluding hydrogens is 184 g/mol. The van der Waals surface area contributed by atoms with Gasteiger partial charge in [0, 0.05) is 11.7 Å². The van der Waals surface area contributed by atoms with Crippen LogP contribution in [0.3, 0.4) is 0 Å². The molecule has 1 aromatic heterocycles. The van der Waals surface area contributed by atoms with Gasteiger partial charge < -0.3 is 0 Å². The fraction of sp³-hybridized carbons (Fsp3) is 0.769. The highest BCUT2D eigenvalue weighted by atomic mass is 15.3. The highest BCUT2D eigenvalue weighted by molar-refractivity contribution is 5.31. The Morgan fingerprint density at radius 2 is 1.73 bits per heavy atom. The Bertz CT molecular complexity index is 315. The number of fused-ring (bicyclic) bond motifs is 1. The second-order valence-electron chi connectivity index (χ2n) is 5.21. The van der Waals surface area contributed by atoms with Gasteiger partial charge in [-0.1, -0.05) is 13.8 Å². The topological polar surface area (TPSA) is 17.8 Å². The van der Waals surface area contributed by atoms with E-state index in [-0.39, 0.29) is 0 Å². The quantitative estimate of drug-likeness (QED) is 0.724. The minimum Gasteiger partial charge on any atom is -0.267 e. The van der Waals surface area contributed by atoms with E-state index in [1.54, 1.807) is 5.56 Å². The predicted molar refractivity (Wildman–Crippen MR) is 63.3 cm³/mol. The number of hydrogen-bond acceptors (Lipinski definition) is 1. The molecule has 0 bridgehead atoms. The van der Waals surface area contributed by atoms with E-state index in [0.29, 0.717) is 12.0 Å². The third-order valence-corrected chi connectivity index (χ3v) is 3.28. The van der Waals surface area contributed by atoms with Crippen molar-refractivity contribution >= 4 is 0 Å². The van der Waals surface area contributed by atoms with Gasteiger partial charge in [0.2, 0.25) is 0 Å². The van der Waals surface area contributed by atoms with Crippen molar-refractivity contribution in [1.29, 1.82) is 0 Å². The first-order valence-electron chi connectivity index (χ1n) is 6.21. The van der Waals surface area contributed by atoms with Crippen LogP contribution in [-0.2, 0) is 12.8 Å². The maximum absolute atomic E-state index is 4.81. The lowest BCUT2D eigenvalue weighted by molar-refractivity contribution is 0.491. The van der Waals surface area contributed by atoms with Crippen LogP contribution in [0.4, 0.5) is 0 Å². The average Bonchev–Trinajstić information content (AvgIpc) is 2.56. The molecule has 0 N–H and O–H groups in total. The molecule has 0 fully saturated rings. The van der Waals surface area contributed by atoms with E-state index in [2.05, 4.69) is 32.4 Å². The van der Waals surface area contributed by atoms with Crippen LogP contribution in [0.2, 0.25) is 0 Å². The molecular formula is C13H22N2. The van der Waals surface area contributed by atoms with Gasteiger partial charge in [0.1, 0.15) is 0 Å². The first-order chi connectivity index (χ1) is 7.11. The minimum absolute atomic E-state index is 0.504. The fourth-order valence-corrected chi connectivity index (χ4v) is 2.55. The van der Waals surface area contributed by atoms with Crippen molar-refractivity contribution in [3.63, 3.8) is 0 Å². The summed E-state index contributed by atoms with van der Waals surface area (Å²) in [7, 11) is 0. The van der Waals surface area contributed by atoms with E-state index in [1.807, 2.05) is 0 Å². The van der Waals surface area contributed by atoms with E-state index < -0.39 is 0 Å². The van der Waals surface area contributed by atoms with E-state index in [0.717, 1.165) is 0 Å². The molecule has 1 heterocycles. The Morgan fingerprint density at radius 1 is 1.07 bits per heavy atom. The molecule has 1 aromatic rings. The summed E-state index contributed by atoms with van der Waals surface area (Å²) in [4.78, 5) is 0. The Balaban J connectivity index is 2.49. The molecule has 2 nitrogen and oxygen atoms in total. The molecule has 1 aliphatic rings. The first kappa shape index (κ1) is 10.7. The Kier molecular flexibility index (Phi) is 2.85. The van der Waals surface area contributed by atoms with Gasteiger partial charge in [-0.25, -0.2) is 0 Å². The third kappa shape index (κ3) is 1.82. The molecule has 0 aromatic carbocycles. The lowest BCUT2D eigenvalue weighted by Gasteiger charge is -2.16. The predicted octanol–water partition coefficient (Wildman–Crippen LogP) is 3.47. The van der Waals surface area contributed by atoms with Crippen molar-refractivity contribution in [2.24, 2.45) is 0 Å². The molecule has 0 amide bonds.